The van der Waals surface area contributed by atoms with E-state index in [0.29, 0.717) is 6.54 Å². The van der Waals surface area contributed by atoms with Crippen LogP contribution in [0.4, 0.5) is 5.82 Å². The molecule has 1 amide bonds. The molecule has 1 fully saturated rings. The van der Waals surface area contributed by atoms with E-state index < -0.39 is 0 Å². The first kappa shape index (κ1) is 16.1. The van der Waals surface area contributed by atoms with Gasteiger partial charge in [0.1, 0.15) is 5.82 Å². The fraction of sp³-hybridized carbons (Fsp3) is 0.500. The molecule has 4 heterocycles. The zero-order valence-electron chi connectivity index (χ0n) is 14.3. The Morgan fingerprint density at radius 3 is 3.16 bits per heavy atom. The zero-order valence-corrected chi connectivity index (χ0v) is 14.3. The summed E-state index contributed by atoms with van der Waals surface area (Å²) in [7, 11) is 0. The third kappa shape index (κ3) is 3.66. The molecule has 1 atom stereocenters. The quantitative estimate of drug-likeness (QED) is 0.865. The Kier molecular flexibility index (Phi) is 4.65. The molecule has 0 bridgehead atoms. The van der Waals surface area contributed by atoms with E-state index >= 15 is 0 Å². The van der Waals surface area contributed by atoms with Crippen molar-refractivity contribution in [2.24, 2.45) is 5.92 Å². The average Bonchev–Trinajstić information content (AvgIpc) is 3.10. The van der Waals surface area contributed by atoms with Crippen molar-refractivity contribution in [3.63, 3.8) is 0 Å². The summed E-state index contributed by atoms with van der Waals surface area (Å²) in [6.45, 7) is 4.88. The second-order valence-corrected chi connectivity index (χ2v) is 6.72. The van der Waals surface area contributed by atoms with Gasteiger partial charge in [-0.2, -0.15) is 5.10 Å². The van der Waals surface area contributed by atoms with Crippen molar-refractivity contribution >= 4 is 11.7 Å². The van der Waals surface area contributed by atoms with E-state index in [-0.39, 0.29) is 11.8 Å². The van der Waals surface area contributed by atoms with E-state index in [1.807, 2.05) is 22.9 Å². The van der Waals surface area contributed by atoms with Crippen LogP contribution >= 0.6 is 0 Å². The van der Waals surface area contributed by atoms with Gasteiger partial charge in [0.2, 0.25) is 5.91 Å². The number of rotatable bonds is 4. The highest BCUT2D eigenvalue weighted by molar-refractivity contribution is 5.79. The van der Waals surface area contributed by atoms with Gasteiger partial charge in [0.15, 0.2) is 0 Å². The Labute approximate surface area is 147 Å². The van der Waals surface area contributed by atoms with Crippen LogP contribution in [0, 0.1) is 5.92 Å². The van der Waals surface area contributed by atoms with E-state index in [9.17, 15) is 4.79 Å². The average molecular weight is 340 g/mol. The first-order chi connectivity index (χ1) is 12.3. The van der Waals surface area contributed by atoms with Crippen LogP contribution < -0.4 is 15.5 Å². The van der Waals surface area contributed by atoms with E-state index in [4.69, 9.17) is 0 Å². The number of aromatic nitrogens is 3. The standard InChI is InChI=1S/C18H24N6O/c25-18(21-11-15-10-16-12-19-7-9-24(16)22-15)14-4-3-8-23(13-14)17-5-1-2-6-20-17/h1-2,5-6,10,14,19H,3-4,7-9,11-13H2,(H,21,25)/t14-/m1/s1. The molecule has 1 saturated heterocycles. The molecule has 7 heteroatoms. The Hall–Kier alpha value is -2.41. The second kappa shape index (κ2) is 7.23. The normalized spacial score (nSPS) is 20.2. The number of amides is 1. The molecule has 4 rings (SSSR count). The summed E-state index contributed by atoms with van der Waals surface area (Å²) in [6.07, 6.45) is 3.74. The SMILES string of the molecule is O=C(NCc1cc2n(n1)CCNC2)[C@@H]1CCCN(c2ccccn2)C1. The van der Waals surface area contributed by atoms with Gasteiger partial charge in [-0.3, -0.25) is 9.48 Å². The van der Waals surface area contributed by atoms with Crippen molar-refractivity contribution in [1.82, 2.24) is 25.4 Å². The number of carbonyl (C=O) groups excluding carboxylic acids is 1. The molecule has 0 saturated carbocycles. The Morgan fingerprint density at radius 2 is 2.32 bits per heavy atom. The molecule has 2 N–H and O–H groups in total. The van der Waals surface area contributed by atoms with Gasteiger partial charge >= 0.3 is 0 Å². The molecule has 7 nitrogen and oxygen atoms in total. The van der Waals surface area contributed by atoms with Crippen LogP contribution in [0.2, 0.25) is 0 Å². The highest BCUT2D eigenvalue weighted by Crippen LogP contribution is 2.21. The summed E-state index contributed by atoms with van der Waals surface area (Å²) in [5.74, 6) is 1.08. The number of hydrogen-bond donors (Lipinski definition) is 2. The highest BCUT2D eigenvalue weighted by Gasteiger charge is 2.26. The summed E-state index contributed by atoms with van der Waals surface area (Å²) < 4.78 is 2.03. The van der Waals surface area contributed by atoms with E-state index in [1.165, 1.54) is 5.69 Å². The molecule has 0 aliphatic carbocycles. The maximum Gasteiger partial charge on any atom is 0.225 e. The summed E-state index contributed by atoms with van der Waals surface area (Å²) in [5.41, 5.74) is 2.12. The lowest BCUT2D eigenvalue weighted by Gasteiger charge is -2.32. The van der Waals surface area contributed by atoms with E-state index in [0.717, 1.165) is 57.1 Å². The van der Waals surface area contributed by atoms with Crippen LogP contribution in [0.25, 0.3) is 0 Å². The van der Waals surface area contributed by atoms with Crippen LogP contribution in [0.5, 0.6) is 0 Å². The van der Waals surface area contributed by atoms with E-state index in [2.05, 4.69) is 31.7 Å². The number of nitrogens with one attached hydrogen (secondary N) is 2. The van der Waals surface area contributed by atoms with Gasteiger partial charge in [-0.15, -0.1) is 0 Å². The minimum atomic E-state index is 0.00895. The number of fused-ring (bicyclic) bond motifs is 1. The molecule has 0 unspecified atom stereocenters. The van der Waals surface area contributed by atoms with E-state index in [1.54, 1.807) is 6.20 Å². The predicted octanol–water partition coefficient (Wildman–Crippen LogP) is 0.914. The topological polar surface area (TPSA) is 75.1 Å². The number of anilines is 1. The molecule has 25 heavy (non-hydrogen) atoms. The fourth-order valence-electron chi connectivity index (χ4n) is 3.60. The lowest BCUT2D eigenvalue weighted by Crippen LogP contribution is -2.43. The third-order valence-corrected chi connectivity index (χ3v) is 4.93. The summed E-state index contributed by atoms with van der Waals surface area (Å²) in [4.78, 5) is 19.2. The Balaban J connectivity index is 1.34. The summed E-state index contributed by atoms with van der Waals surface area (Å²) in [6, 6.07) is 7.98. The lowest BCUT2D eigenvalue weighted by atomic mass is 9.97. The molecule has 0 aromatic carbocycles. The Morgan fingerprint density at radius 1 is 1.36 bits per heavy atom. The summed E-state index contributed by atoms with van der Waals surface area (Å²) >= 11 is 0. The van der Waals surface area contributed by atoms with Crippen LogP contribution in [0.15, 0.2) is 30.5 Å². The lowest BCUT2D eigenvalue weighted by molar-refractivity contribution is -0.125. The minimum absolute atomic E-state index is 0.00895. The molecule has 2 aliphatic heterocycles. The largest absolute Gasteiger partial charge is 0.356 e. The predicted molar refractivity (Wildman–Crippen MR) is 95.0 cm³/mol. The van der Waals surface area contributed by atoms with Gasteiger partial charge < -0.3 is 15.5 Å². The molecular formula is C18H24N6O. The van der Waals surface area contributed by atoms with Gasteiger partial charge in [-0.25, -0.2) is 4.98 Å². The highest BCUT2D eigenvalue weighted by atomic mass is 16.1. The van der Waals surface area contributed by atoms with Gasteiger partial charge in [0.05, 0.1) is 30.4 Å². The molecule has 2 aliphatic rings. The monoisotopic (exact) mass is 340 g/mol. The summed E-state index contributed by atoms with van der Waals surface area (Å²) in [5, 5.41) is 11.0. The van der Waals surface area contributed by atoms with Crippen molar-refractivity contribution in [3.8, 4) is 0 Å². The smallest absolute Gasteiger partial charge is 0.225 e. The van der Waals surface area contributed by atoms with Crippen LogP contribution in [0.3, 0.4) is 0 Å². The number of pyridine rings is 1. The first-order valence-electron chi connectivity index (χ1n) is 8.99. The number of hydrogen-bond acceptors (Lipinski definition) is 5. The number of piperidine rings is 1. The maximum absolute atomic E-state index is 12.6. The van der Waals surface area contributed by atoms with Crippen molar-refractivity contribution < 1.29 is 4.79 Å². The van der Waals surface area contributed by atoms with Crippen LogP contribution in [0.1, 0.15) is 24.2 Å². The van der Waals surface area contributed by atoms with Gasteiger partial charge in [0.25, 0.3) is 0 Å². The van der Waals surface area contributed by atoms with Crippen LogP contribution in [-0.2, 0) is 24.4 Å². The second-order valence-electron chi connectivity index (χ2n) is 6.72. The van der Waals surface area contributed by atoms with Crippen molar-refractivity contribution in [1.29, 1.82) is 0 Å². The first-order valence-corrected chi connectivity index (χ1v) is 8.99. The van der Waals surface area contributed by atoms with Gasteiger partial charge in [-0.1, -0.05) is 6.07 Å². The molecular weight excluding hydrogens is 316 g/mol. The fourth-order valence-corrected chi connectivity index (χ4v) is 3.60. The molecule has 2 aromatic heterocycles. The van der Waals surface area contributed by atoms with Gasteiger partial charge in [0, 0.05) is 32.4 Å². The maximum atomic E-state index is 12.6. The van der Waals surface area contributed by atoms with Crippen LogP contribution in [-0.4, -0.2) is 40.3 Å². The molecule has 0 spiro atoms. The van der Waals surface area contributed by atoms with Gasteiger partial charge in [-0.05, 0) is 31.0 Å². The molecule has 2 aromatic rings. The zero-order chi connectivity index (χ0) is 17.1. The Bertz CT molecular complexity index is 705. The van der Waals surface area contributed by atoms with Crippen molar-refractivity contribution in [3.05, 3.63) is 41.9 Å². The van der Waals surface area contributed by atoms with Crippen molar-refractivity contribution in [2.75, 3.05) is 24.5 Å². The third-order valence-electron chi connectivity index (χ3n) is 4.93. The molecule has 0 radical (unpaired) electrons. The van der Waals surface area contributed by atoms with Crippen molar-refractivity contribution in [2.45, 2.75) is 32.5 Å². The number of nitrogens with zero attached hydrogens (tertiary/aromatic N) is 4. The number of carbonyl (C=O) groups is 1. The minimum Gasteiger partial charge on any atom is -0.356 e. The molecule has 132 valence electrons.